The average Bonchev–Trinajstić information content (AvgIpc) is 2.43. The van der Waals surface area contributed by atoms with Crippen molar-refractivity contribution >= 4 is 12.0 Å². The maximum atomic E-state index is 10.8. The Morgan fingerprint density at radius 3 is 2.75 bits per heavy atom. The first-order chi connectivity index (χ1) is 9.56. The van der Waals surface area contributed by atoms with Crippen molar-refractivity contribution in [1.29, 1.82) is 0 Å². The summed E-state index contributed by atoms with van der Waals surface area (Å²) in [5, 5.41) is 8.89. The number of rotatable bonds is 4. The Balaban J connectivity index is 2.22. The van der Waals surface area contributed by atoms with E-state index >= 15 is 0 Å². The third-order valence-electron chi connectivity index (χ3n) is 3.20. The van der Waals surface area contributed by atoms with Crippen molar-refractivity contribution < 1.29 is 9.90 Å². The topological polar surface area (TPSA) is 50.2 Å². The van der Waals surface area contributed by atoms with Gasteiger partial charge in [-0.05, 0) is 54.7 Å². The largest absolute Gasteiger partial charge is 0.478 e. The Bertz CT molecular complexity index is 645. The van der Waals surface area contributed by atoms with Crippen molar-refractivity contribution in [3.05, 3.63) is 70.6 Å². The van der Waals surface area contributed by atoms with Crippen molar-refractivity contribution in [2.75, 3.05) is 0 Å². The highest BCUT2D eigenvalue weighted by atomic mass is 16.4. The second-order valence-corrected chi connectivity index (χ2v) is 4.86. The molecule has 0 unspecified atom stereocenters. The number of carboxylic acid groups (broad SMARTS) is 1. The molecule has 0 aliphatic heterocycles. The minimum absolute atomic E-state index is 0.337. The van der Waals surface area contributed by atoms with Gasteiger partial charge in [0.05, 0.1) is 0 Å². The van der Waals surface area contributed by atoms with Crippen molar-refractivity contribution in [2.24, 2.45) is 0 Å². The van der Waals surface area contributed by atoms with E-state index in [1.807, 2.05) is 37.4 Å². The Kier molecular flexibility index (Phi) is 4.31. The zero-order valence-electron chi connectivity index (χ0n) is 11.6. The van der Waals surface area contributed by atoms with E-state index in [1.165, 1.54) is 11.1 Å². The molecule has 20 heavy (non-hydrogen) atoms. The lowest BCUT2D eigenvalue weighted by Gasteiger charge is -2.07. The van der Waals surface area contributed by atoms with E-state index in [2.05, 4.69) is 11.1 Å². The number of aromatic nitrogens is 1. The lowest BCUT2D eigenvalue weighted by molar-refractivity contribution is -0.132. The van der Waals surface area contributed by atoms with Gasteiger partial charge in [-0.1, -0.05) is 24.3 Å². The molecule has 1 aromatic carbocycles. The SMILES string of the molecule is CC(=Cc1ccc(Cc2cccnc2)c(C)c1)C(=O)O. The summed E-state index contributed by atoms with van der Waals surface area (Å²) in [6, 6.07) is 9.99. The fourth-order valence-electron chi connectivity index (χ4n) is 2.04. The highest BCUT2D eigenvalue weighted by Crippen LogP contribution is 2.17. The molecule has 0 spiro atoms. The number of carbonyl (C=O) groups is 1. The number of nitrogens with zero attached hydrogens (tertiary/aromatic N) is 1. The molecule has 1 aromatic heterocycles. The van der Waals surface area contributed by atoms with Crippen LogP contribution in [0.15, 0.2) is 48.3 Å². The Labute approximate surface area is 118 Å². The molecule has 0 amide bonds. The van der Waals surface area contributed by atoms with Crippen LogP contribution in [0.2, 0.25) is 0 Å². The predicted octanol–water partition coefficient (Wildman–Crippen LogP) is 3.47. The molecule has 0 saturated carbocycles. The standard InChI is InChI=1S/C17H17NO2/c1-12-8-14(9-13(2)17(19)20)5-6-16(12)10-15-4-3-7-18-11-15/h3-9,11H,10H2,1-2H3,(H,19,20). The minimum atomic E-state index is -0.887. The monoisotopic (exact) mass is 267 g/mol. The molecule has 0 bridgehead atoms. The van der Waals surface area contributed by atoms with Crippen LogP contribution < -0.4 is 0 Å². The molecule has 1 heterocycles. The molecule has 0 saturated heterocycles. The number of aryl methyl sites for hydroxylation is 1. The molecule has 0 atom stereocenters. The van der Waals surface area contributed by atoms with Gasteiger partial charge in [0.15, 0.2) is 0 Å². The molecular weight excluding hydrogens is 250 g/mol. The van der Waals surface area contributed by atoms with Crippen LogP contribution in [0.1, 0.15) is 29.2 Å². The first-order valence-electron chi connectivity index (χ1n) is 6.46. The molecule has 3 heteroatoms. The van der Waals surface area contributed by atoms with E-state index in [9.17, 15) is 4.79 Å². The third-order valence-corrected chi connectivity index (χ3v) is 3.20. The first kappa shape index (κ1) is 14.0. The number of benzene rings is 1. The molecule has 102 valence electrons. The third kappa shape index (κ3) is 3.54. The maximum absolute atomic E-state index is 10.8. The predicted molar refractivity (Wildman–Crippen MR) is 79.5 cm³/mol. The smallest absolute Gasteiger partial charge is 0.331 e. The number of hydrogen-bond donors (Lipinski definition) is 1. The van der Waals surface area contributed by atoms with Crippen LogP contribution in [-0.4, -0.2) is 16.1 Å². The number of pyridine rings is 1. The van der Waals surface area contributed by atoms with Crippen molar-refractivity contribution in [3.8, 4) is 0 Å². The van der Waals surface area contributed by atoms with Gasteiger partial charge in [-0.2, -0.15) is 0 Å². The molecule has 2 aromatic rings. The van der Waals surface area contributed by atoms with Crippen LogP contribution in [0.25, 0.3) is 6.08 Å². The number of aliphatic carboxylic acids is 1. The van der Waals surface area contributed by atoms with Crippen LogP contribution in [0.5, 0.6) is 0 Å². The molecule has 2 rings (SSSR count). The Hall–Kier alpha value is -2.42. The summed E-state index contributed by atoms with van der Waals surface area (Å²) >= 11 is 0. The maximum Gasteiger partial charge on any atom is 0.331 e. The molecule has 0 aliphatic rings. The van der Waals surface area contributed by atoms with Crippen molar-refractivity contribution in [2.45, 2.75) is 20.3 Å². The van der Waals surface area contributed by atoms with Gasteiger partial charge in [-0.25, -0.2) is 4.79 Å². The Morgan fingerprint density at radius 1 is 1.35 bits per heavy atom. The molecule has 0 aliphatic carbocycles. The summed E-state index contributed by atoms with van der Waals surface area (Å²) in [5.41, 5.74) is 4.80. The van der Waals surface area contributed by atoms with Gasteiger partial charge in [-0.15, -0.1) is 0 Å². The normalized spacial score (nSPS) is 11.4. The van der Waals surface area contributed by atoms with E-state index in [4.69, 9.17) is 5.11 Å². The average molecular weight is 267 g/mol. The van der Waals surface area contributed by atoms with E-state index in [-0.39, 0.29) is 0 Å². The zero-order chi connectivity index (χ0) is 14.5. The van der Waals surface area contributed by atoms with Crippen LogP contribution in [0.4, 0.5) is 0 Å². The zero-order valence-corrected chi connectivity index (χ0v) is 11.6. The van der Waals surface area contributed by atoms with Crippen molar-refractivity contribution in [1.82, 2.24) is 4.98 Å². The van der Waals surface area contributed by atoms with Gasteiger partial charge in [-0.3, -0.25) is 4.98 Å². The van der Waals surface area contributed by atoms with Crippen LogP contribution in [0, 0.1) is 6.92 Å². The molecular formula is C17H17NO2. The van der Waals surface area contributed by atoms with Gasteiger partial charge in [0.25, 0.3) is 0 Å². The Morgan fingerprint density at radius 2 is 2.15 bits per heavy atom. The fraction of sp³-hybridized carbons (Fsp3) is 0.176. The van der Waals surface area contributed by atoms with Gasteiger partial charge >= 0.3 is 5.97 Å². The lowest BCUT2D eigenvalue weighted by atomic mass is 9.99. The fourth-order valence-corrected chi connectivity index (χ4v) is 2.04. The van der Waals surface area contributed by atoms with Gasteiger partial charge in [0, 0.05) is 18.0 Å². The number of carboxylic acids is 1. The second-order valence-electron chi connectivity index (χ2n) is 4.86. The molecule has 1 N–H and O–H groups in total. The summed E-state index contributed by atoms with van der Waals surface area (Å²) in [6.07, 6.45) is 6.14. The van der Waals surface area contributed by atoms with Gasteiger partial charge in [0.1, 0.15) is 0 Å². The quantitative estimate of drug-likeness (QED) is 0.863. The van der Waals surface area contributed by atoms with E-state index < -0.39 is 5.97 Å². The van der Waals surface area contributed by atoms with Crippen LogP contribution in [0.3, 0.4) is 0 Å². The lowest BCUT2D eigenvalue weighted by Crippen LogP contribution is -1.96. The van der Waals surface area contributed by atoms with Crippen LogP contribution >= 0.6 is 0 Å². The first-order valence-corrected chi connectivity index (χ1v) is 6.46. The summed E-state index contributed by atoms with van der Waals surface area (Å²) in [6.45, 7) is 3.64. The number of hydrogen-bond acceptors (Lipinski definition) is 2. The summed E-state index contributed by atoms with van der Waals surface area (Å²) in [4.78, 5) is 14.9. The summed E-state index contributed by atoms with van der Waals surface area (Å²) < 4.78 is 0. The second kappa shape index (κ2) is 6.15. The minimum Gasteiger partial charge on any atom is -0.478 e. The van der Waals surface area contributed by atoms with Crippen molar-refractivity contribution in [3.63, 3.8) is 0 Å². The van der Waals surface area contributed by atoms with Gasteiger partial charge in [0.2, 0.25) is 0 Å². The molecule has 0 fully saturated rings. The highest BCUT2D eigenvalue weighted by Gasteiger charge is 2.03. The summed E-state index contributed by atoms with van der Waals surface area (Å²) in [7, 11) is 0. The van der Waals surface area contributed by atoms with E-state index in [1.54, 1.807) is 19.2 Å². The molecule has 0 radical (unpaired) electrons. The van der Waals surface area contributed by atoms with E-state index in [0.717, 1.165) is 17.5 Å². The van der Waals surface area contributed by atoms with Gasteiger partial charge < -0.3 is 5.11 Å². The molecule has 3 nitrogen and oxygen atoms in total. The summed E-state index contributed by atoms with van der Waals surface area (Å²) in [5.74, 6) is -0.887. The van der Waals surface area contributed by atoms with E-state index in [0.29, 0.717) is 5.57 Å². The highest BCUT2D eigenvalue weighted by molar-refractivity contribution is 5.91. The van der Waals surface area contributed by atoms with Crippen LogP contribution in [-0.2, 0) is 11.2 Å².